The van der Waals surface area contributed by atoms with Gasteiger partial charge in [-0.1, -0.05) is 39.8 Å². The zero-order chi connectivity index (χ0) is 19.5. The van der Waals surface area contributed by atoms with Crippen LogP contribution in [0, 0.1) is 0 Å². The third-order valence-corrected chi connectivity index (χ3v) is 9.76. The molecular formula is C20H31N3O2Si. The van der Waals surface area contributed by atoms with Gasteiger partial charge in [0.2, 0.25) is 0 Å². The number of nitrogens with zero attached hydrogens (tertiary/aromatic N) is 2. The molecule has 0 fully saturated rings. The summed E-state index contributed by atoms with van der Waals surface area (Å²) in [7, 11) is -1.78. The Bertz CT molecular complexity index is 792. The molecule has 0 aliphatic rings. The summed E-state index contributed by atoms with van der Waals surface area (Å²) in [5, 5.41) is 0.202. The molecule has 0 aliphatic carbocycles. The van der Waals surface area contributed by atoms with Gasteiger partial charge in [0.25, 0.3) is 0 Å². The fraction of sp³-hybridized carbons (Fsp3) is 0.500. The molecule has 1 aromatic heterocycles. The lowest BCUT2D eigenvalue weighted by molar-refractivity contribution is 0.176. The second-order valence-electron chi connectivity index (χ2n) is 8.28. The van der Waals surface area contributed by atoms with Crippen LogP contribution in [0.2, 0.25) is 18.1 Å². The molecule has 6 heteroatoms. The molecule has 1 unspecified atom stereocenters. The first-order valence-electron chi connectivity index (χ1n) is 9.16. The highest BCUT2D eigenvalue weighted by atomic mass is 28.4. The van der Waals surface area contributed by atoms with E-state index >= 15 is 0 Å². The van der Waals surface area contributed by atoms with Gasteiger partial charge >= 0.3 is 5.69 Å². The minimum absolute atomic E-state index is 0.202. The molecule has 1 heterocycles. The molecule has 0 saturated carbocycles. The summed E-state index contributed by atoms with van der Waals surface area (Å²) in [4.78, 5) is 15.7. The van der Waals surface area contributed by atoms with Gasteiger partial charge in [0.1, 0.15) is 5.82 Å². The van der Waals surface area contributed by atoms with Crippen LogP contribution >= 0.6 is 0 Å². The first kappa shape index (κ1) is 20.4. The first-order chi connectivity index (χ1) is 12.0. The Balaban J connectivity index is 2.14. The van der Waals surface area contributed by atoms with Crippen molar-refractivity contribution < 1.29 is 4.43 Å². The van der Waals surface area contributed by atoms with Gasteiger partial charge in [-0.3, -0.25) is 4.57 Å². The van der Waals surface area contributed by atoms with E-state index in [9.17, 15) is 4.79 Å². The summed E-state index contributed by atoms with van der Waals surface area (Å²) in [5.41, 5.74) is 7.16. The fourth-order valence-electron chi connectivity index (χ4n) is 2.53. The molecule has 0 bridgehead atoms. The van der Waals surface area contributed by atoms with Gasteiger partial charge in [-0.25, -0.2) is 4.79 Å². The van der Waals surface area contributed by atoms with E-state index in [2.05, 4.69) is 57.9 Å². The average Bonchev–Trinajstić information content (AvgIpc) is 2.54. The normalized spacial score (nSPS) is 13.6. The summed E-state index contributed by atoms with van der Waals surface area (Å²) in [6.07, 6.45) is 3.71. The van der Waals surface area contributed by atoms with Gasteiger partial charge < -0.3 is 10.2 Å². The van der Waals surface area contributed by atoms with Crippen LogP contribution in [0.25, 0.3) is 5.69 Å². The topological polar surface area (TPSA) is 70.1 Å². The quantitative estimate of drug-likeness (QED) is 0.772. The van der Waals surface area contributed by atoms with Crippen molar-refractivity contribution in [1.82, 2.24) is 9.55 Å². The monoisotopic (exact) mass is 373 g/mol. The van der Waals surface area contributed by atoms with Gasteiger partial charge in [0.15, 0.2) is 8.32 Å². The molecule has 142 valence electrons. The van der Waals surface area contributed by atoms with E-state index in [0.717, 1.165) is 18.5 Å². The molecule has 0 amide bonds. The first-order valence-corrected chi connectivity index (χ1v) is 12.1. The van der Waals surface area contributed by atoms with Crippen molar-refractivity contribution in [2.45, 2.75) is 64.8 Å². The third-order valence-electron chi connectivity index (χ3n) is 5.23. The van der Waals surface area contributed by atoms with E-state index in [1.54, 1.807) is 12.3 Å². The number of nitrogens with two attached hydrogens (primary N) is 1. The van der Waals surface area contributed by atoms with Crippen molar-refractivity contribution >= 4 is 14.1 Å². The predicted octanol–water partition coefficient (Wildman–Crippen LogP) is 4.16. The Morgan fingerprint density at radius 2 is 1.81 bits per heavy atom. The van der Waals surface area contributed by atoms with Crippen LogP contribution in [0.1, 0.15) is 39.7 Å². The number of aromatic nitrogens is 2. The molecule has 0 spiro atoms. The molecule has 1 aromatic carbocycles. The maximum Gasteiger partial charge on any atom is 0.354 e. The zero-order valence-electron chi connectivity index (χ0n) is 16.7. The van der Waals surface area contributed by atoms with Crippen molar-refractivity contribution in [2.24, 2.45) is 0 Å². The van der Waals surface area contributed by atoms with Crippen LogP contribution in [-0.4, -0.2) is 24.0 Å². The average molecular weight is 374 g/mol. The Kier molecular flexibility index (Phi) is 6.08. The summed E-state index contributed by atoms with van der Waals surface area (Å²) in [5.74, 6) is 0.233. The number of nitrogen functional groups attached to an aromatic ring is 1. The molecule has 0 radical (unpaired) electrons. The minimum Gasteiger partial charge on any atom is -0.414 e. The van der Waals surface area contributed by atoms with E-state index in [1.807, 2.05) is 12.1 Å². The van der Waals surface area contributed by atoms with Gasteiger partial charge in [-0.2, -0.15) is 4.98 Å². The SMILES string of the molecule is CCC(Cc1ccc(-n2ccc(N)nc2=O)cc1)O[Si](C)(C)C(C)(C)C. The summed E-state index contributed by atoms with van der Waals surface area (Å²) >= 11 is 0. The van der Waals surface area contributed by atoms with Crippen molar-refractivity contribution in [3.05, 3.63) is 52.6 Å². The van der Waals surface area contributed by atoms with E-state index < -0.39 is 8.32 Å². The van der Waals surface area contributed by atoms with Crippen molar-refractivity contribution in [3.8, 4) is 5.69 Å². The standard InChI is InChI=1S/C20H31N3O2Si/c1-7-17(25-26(5,6)20(2,3)4)14-15-8-10-16(11-9-15)23-13-12-18(21)22-19(23)24/h8-13,17H,7,14H2,1-6H3,(H2,21,22,24). The lowest BCUT2D eigenvalue weighted by Gasteiger charge is -2.39. The molecule has 1 atom stereocenters. The van der Waals surface area contributed by atoms with Crippen molar-refractivity contribution in [1.29, 1.82) is 0 Å². The maximum atomic E-state index is 12.0. The van der Waals surface area contributed by atoms with Gasteiger partial charge in [0.05, 0.1) is 5.69 Å². The van der Waals surface area contributed by atoms with Crippen LogP contribution in [0.15, 0.2) is 41.3 Å². The highest BCUT2D eigenvalue weighted by Crippen LogP contribution is 2.38. The second kappa shape index (κ2) is 7.76. The second-order valence-corrected chi connectivity index (χ2v) is 13.0. The minimum atomic E-state index is -1.78. The molecule has 0 saturated heterocycles. The Hall–Kier alpha value is -1.92. The molecular weight excluding hydrogens is 342 g/mol. The predicted molar refractivity (Wildman–Crippen MR) is 110 cm³/mol. The van der Waals surface area contributed by atoms with E-state index in [0.29, 0.717) is 0 Å². The molecule has 0 aliphatic heterocycles. The molecule has 2 aromatic rings. The number of anilines is 1. The molecule has 2 N–H and O–H groups in total. The maximum absolute atomic E-state index is 12.0. The highest BCUT2D eigenvalue weighted by Gasteiger charge is 2.38. The number of benzene rings is 1. The number of rotatable bonds is 6. The third kappa shape index (κ3) is 4.83. The van der Waals surface area contributed by atoms with E-state index in [4.69, 9.17) is 10.2 Å². The fourth-order valence-corrected chi connectivity index (χ4v) is 3.97. The van der Waals surface area contributed by atoms with Crippen LogP contribution in [0.4, 0.5) is 5.82 Å². The molecule has 26 heavy (non-hydrogen) atoms. The van der Waals surface area contributed by atoms with E-state index in [-0.39, 0.29) is 22.6 Å². The summed E-state index contributed by atoms with van der Waals surface area (Å²) in [6.45, 7) is 13.5. The van der Waals surface area contributed by atoms with Crippen LogP contribution in [0.3, 0.4) is 0 Å². The van der Waals surface area contributed by atoms with Crippen LogP contribution in [-0.2, 0) is 10.8 Å². The van der Waals surface area contributed by atoms with Gasteiger partial charge in [0, 0.05) is 12.3 Å². The van der Waals surface area contributed by atoms with Crippen molar-refractivity contribution in [2.75, 3.05) is 5.73 Å². The molecule has 5 nitrogen and oxygen atoms in total. The van der Waals surface area contributed by atoms with Gasteiger partial charge in [-0.05, 0) is 54.7 Å². The van der Waals surface area contributed by atoms with E-state index in [1.165, 1.54) is 10.1 Å². The molecule has 2 rings (SSSR count). The van der Waals surface area contributed by atoms with Crippen LogP contribution < -0.4 is 11.4 Å². The van der Waals surface area contributed by atoms with Crippen molar-refractivity contribution in [3.63, 3.8) is 0 Å². The smallest absolute Gasteiger partial charge is 0.354 e. The number of hydrogen-bond donors (Lipinski definition) is 1. The number of hydrogen-bond acceptors (Lipinski definition) is 4. The highest BCUT2D eigenvalue weighted by molar-refractivity contribution is 6.74. The summed E-state index contributed by atoms with van der Waals surface area (Å²) < 4.78 is 8.05. The lowest BCUT2D eigenvalue weighted by atomic mass is 10.1. The summed E-state index contributed by atoms with van der Waals surface area (Å²) in [6, 6.07) is 9.60. The van der Waals surface area contributed by atoms with Gasteiger partial charge in [-0.15, -0.1) is 0 Å². The Morgan fingerprint density at radius 1 is 1.19 bits per heavy atom. The lowest BCUT2D eigenvalue weighted by Crippen LogP contribution is -2.44. The Morgan fingerprint density at radius 3 is 2.31 bits per heavy atom. The van der Waals surface area contributed by atoms with Crippen LogP contribution in [0.5, 0.6) is 0 Å². The zero-order valence-corrected chi connectivity index (χ0v) is 17.7. The largest absolute Gasteiger partial charge is 0.414 e. The Labute approximate surface area is 157 Å².